The van der Waals surface area contributed by atoms with Gasteiger partial charge in [-0.05, 0) is 7.05 Å². The van der Waals surface area contributed by atoms with Crippen LogP contribution in [0.1, 0.15) is 10.5 Å². The van der Waals surface area contributed by atoms with Crippen LogP contribution in [0.2, 0.25) is 0 Å². The number of likely N-dealkylation sites (N-methyl/N-ethyl adjacent to an activating group) is 1. The Labute approximate surface area is 115 Å². The van der Waals surface area contributed by atoms with Crippen LogP contribution >= 0.6 is 0 Å². The molecule has 1 aromatic rings. The average molecular weight is 283 g/mol. The number of rotatable bonds is 6. The number of aromatic carboxylic acids is 1. The fourth-order valence-electron chi connectivity index (χ4n) is 2.03. The summed E-state index contributed by atoms with van der Waals surface area (Å²) >= 11 is 0. The number of aromatic nitrogens is 3. The molecular formula is C11H17N5O4. The number of amides is 1. The molecule has 1 aromatic heterocycles. The van der Waals surface area contributed by atoms with Gasteiger partial charge in [-0.3, -0.25) is 4.79 Å². The average Bonchev–Trinajstić information content (AvgIpc) is 3.07. The molecule has 110 valence electrons. The Morgan fingerprint density at radius 2 is 2.35 bits per heavy atom. The maximum absolute atomic E-state index is 11.9. The molecule has 0 aromatic carbocycles. The van der Waals surface area contributed by atoms with Crippen molar-refractivity contribution >= 4 is 11.9 Å². The van der Waals surface area contributed by atoms with Crippen molar-refractivity contribution in [2.45, 2.75) is 12.6 Å². The van der Waals surface area contributed by atoms with Gasteiger partial charge in [0.2, 0.25) is 5.91 Å². The highest BCUT2D eigenvalue weighted by Gasteiger charge is 2.32. The molecule has 0 aliphatic carbocycles. The summed E-state index contributed by atoms with van der Waals surface area (Å²) in [4.78, 5) is 22.6. The number of carbonyl (C=O) groups excluding carboxylic acids is 1. The van der Waals surface area contributed by atoms with Crippen molar-refractivity contribution < 1.29 is 19.4 Å². The van der Waals surface area contributed by atoms with E-state index in [1.54, 1.807) is 7.05 Å². The predicted molar refractivity (Wildman–Crippen MR) is 67.1 cm³/mol. The van der Waals surface area contributed by atoms with Crippen molar-refractivity contribution in [3.63, 3.8) is 0 Å². The van der Waals surface area contributed by atoms with Gasteiger partial charge in [0.1, 0.15) is 0 Å². The van der Waals surface area contributed by atoms with E-state index in [9.17, 15) is 9.59 Å². The molecule has 0 radical (unpaired) electrons. The number of nitrogens with one attached hydrogen (secondary N) is 2. The normalized spacial score (nSPS) is 21.9. The maximum Gasteiger partial charge on any atom is 0.358 e. The minimum Gasteiger partial charge on any atom is -0.476 e. The van der Waals surface area contributed by atoms with Crippen molar-refractivity contribution in [1.82, 2.24) is 25.6 Å². The van der Waals surface area contributed by atoms with Gasteiger partial charge < -0.3 is 20.5 Å². The van der Waals surface area contributed by atoms with Gasteiger partial charge in [0.05, 0.1) is 31.9 Å². The van der Waals surface area contributed by atoms with Crippen LogP contribution in [0.25, 0.3) is 0 Å². The minimum absolute atomic E-state index is 0.0278. The van der Waals surface area contributed by atoms with E-state index in [0.717, 1.165) is 0 Å². The SMILES string of the molecule is CNC1COCC1C(=O)NCCn1cc(C(=O)O)nn1. The Morgan fingerprint density at radius 1 is 1.55 bits per heavy atom. The van der Waals surface area contributed by atoms with Gasteiger partial charge in [0, 0.05) is 12.6 Å². The second-order valence-electron chi connectivity index (χ2n) is 4.50. The van der Waals surface area contributed by atoms with Gasteiger partial charge in [0.25, 0.3) is 0 Å². The van der Waals surface area contributed by atoms with Crippen molar-refractivity contribution in [3.8, 4) is 0 Å². The molecule has 0 spiro atoms. The van der Waals surface area contributed by atoms with E-state index >= 15 is 0 Å². The molecule has 0 bridgehead atoms. The highest BCUT2D eigenvalue weighted by Crippen LogP contribution is 2.13. The van der Waals surface area contributed by atoms with Crippen LogP contribution in [0.3, 0.4) is 0 Å². The first kappa shape index (κ1) is 14.4. The molecule has 1 aliphatic heterocycles. The first-order valence-corrected chi connectivity index (χ1v) is 6.28. The first-order chi connectivity index (χ1) is 9.61. The van der Waals surface area contributed by atoms with Crippen LogP contribution in [0.15, 0.2) is 6.20 Å². The number of nitrogens with zero attached hydrogens (tertiary/aromatic N) is 3. The largest absolute Gasteiger partial charge is 0.476 e. The molecule has 9 nitrogen and oxygen atoms in total. The van der Waals surface area contributed by atoms with E-state index in [0.29, 0.717) is 26.3 Å². The smallest absolute Gasteiger partial charge is 0.358 e. The zero-order valence-electron chi connectivity index (χ0n) is 11.1. The van der Waals surface area contributed by atoms with Crippen LogP contribution in [-0.4, -0.2) is 64.8 Å². The lowest BCUT2D eigenvalue weighted by Crippen LogP contribution is -2.43. The Bertz CT molecular complexity index is 489. The van der Waals surface area contributed by atoms with Gasteiger partial charge in [-0.2, -0.15) is 0 Å². The summed E-state index contributed by atoms with van der Waals surface area (Å²) < 4.78 is 6.64. The molecule has 1 aliphatic rings. The summed E-state index contributed by atoms with van der Waals surface area (Å²) in [5.41, 5.74) is -0.115. The summed E-state index contributed by atoms with van der Waals surface area (Å²) in [6, 6.07) is 0.0278. The lowest BCUT2D eigenvalue weighted by molar-refractivity contribution is -0.125. The molecule has 2 atom stereocenters. The van der Waals surface area contributed by atoms with Crippen LogP contribution in [-0.2, 0) is 16.1 Å². The molecular weight excluding hydrogens is 266 g/mol. The monoisotopic (exact) mass is 283 g/mol. The topological polar surface area (TPSA) is 118 Å². The summed E-state index contributed by atoms with van der Waals surface area (Å²) in [7, 11) is 1.79. The van der Waals surface area contributed by atoms with E-state index in [1.807, 2.05) is 0 Å². The van der Waals surface area contributed by atoms with Crippen LogP contribution in [0, 0.1) is 5.92 Å². The Morgan fingerprint density at radius 3 is 3.00 bits per heavy atom. The number of hydrogen-bond acceptors (Lipinski definition) is 6. The second kappa shape index (κ2) is 6.44. The maximum atomic E-state index is 11.9. The summed E-state index contributed by atoms with van der Waals surface area (Å²) in [6.07, 6.45) is 1.32. The second-order valence-corrected chi connectivity index (χ2v) is 4.50. The standard InChI is InChI=1S/C11H17N5O4/c1-12-9-6-20-5-7(9)10(17)13-2-3-16-4-8(11(18)19)14-15-16/h4,7,9,12H,2-3,5-6H2,1H3,(H,13,17)(H,18,19). The molecule has 20 heavy (non-hydrogen) atoms. The van der Waals surface area contributed by atoms with Crippen LogP contribution in [0.5, 0.6) is 0 Å². The van der Waals surface area contributed by atoms with Crippen molar-refractivity contribution in [2.75, 3.05) is 26.8 Å². The van der Waals surface area contributed by atoms with Gasteiger partial charge in [-0.1, -0.05) is 5.21 Å². The molecule has 3 N–H and O–H groups in total. The Balaban J connectivity index is 1.77. The van der Waals surface area contributed by atoms with Crippen molar-refractivity contribution in [2.24, 2.45) is 5.92 Å². The van der Waals surface area contributed by atoms with Crippen LogP contribution in [0.4, 0.5) is 0 Å². The molecule has 1 fully saturated rings. The third-order valence-electron chi connectivity index (χ3n) is 3.19. The molecule has 1 saturated heterocycles. The Kier molecular flexibility index (Phi) is 4.64. The summed E-state index contributed by atoms with van der Waals surface area (Å²) in [6.45, 7) is 1.65. The van der Waals surface area contributed by atoms with Crippen molar-refractivity contribution in [3.05, 3.63) is 11.9 Å². The van der Waals surface area contributed by atoms with E-state index in [-0.39, 0.29) is 23.6 Å². The Hall–Kier alpha value is -2.00. The lowest BCUT2D eigenvalue weighted by atomic mass is 10.0. The minimum atomic E-state index is -1.12. The van der Waals surface area contributed by atoms with Gasteiger partial charge in [-0.25, -0.2) is 9.48 Å². The third-order valence-corrected chi connectivity index (χ3v) is 3.19. The fourth-order valence-corrected chi connectivity index (χ4v) is 2.03. The first-order valence-electron chi connectivity index (χ1n) is 6.28. The van der Waals surface area contributed by atoms with Gasteiger partial charge in [-0.15, -0.1) is 5.10 Å². The molecule has 2 rings (SSSR count). The van der Waals surface area contributed by atoms with E-state index in [4.69, 9.17) is 9.84 Å². The number of ether oxygens (including phenoxy) is 1. The van der Waals surface area contributed by atoms with E-state index in [1.165, 1.54) is 10.9 Å². The zero-order valence-corrected chi connectivity index (χ0v) is 11.1. The number of carbonyl (C=O) groups is 2. The predicted octanol–water partition coefficient (Wildman–Crippen LogP) is -1.67. The molecule has 1 amide bonds. The lowest BCUT2D eigenvalue weighted by Gasteiger charge is -2.16. The van der Waals surface area contributed by atoms with Crippen LogP contribution < -0.4 is 10.6 Å². The highest BCUT2D eigenvalue weighted by molar-refractivity contribution is 5.84. The summed E-state index contributed by atoms with van der Waals surface area (Å²) in [5.74, 6) is -1.41. The number of hydrogen-bond donors (Lipinski definition) is 3. The zero-order chi connectivity index (χ0) is 14.5. The number of carboxylic acid groups (broad SMARTS) is 1. The molecule has 0 saturated carbocycles. The fraction of sp³-hybridized carbons (Fsp3) is 0.636. The molecule has 9 heteroatoms. The molecule has 2 unspecified atom stereocenters. The van der Waals surface area contributed by atoms with E-state index < -0.39 is 5.97 Å². The third kappa shape index (κ3) is 3.31. The van der Waals surface area contributed by atoms with Crippen molar-refractivity contribution in [1.29, 1.82) is 0 Å². The summed E-state index contributed by atoms with van der Waals surface area (Å²) in [5, 5.41) is 21.7. The van der Waals surface area contributed by atoms with E-state index in [2.05, 4.69) is 20.9 Å². The highest BCUT2D eigenvalue weighted by atomic mass is 16.5. The van der Waals surface area contributed by atoms with Gasteiger partial charge >= 0.3 is 5.97 Å². The molecule has 2 heterocycles. The van der Waals surface area contributed by atoms with Gasteiger partial charge in [0.15, 0.2) is 5.69 Å². The number of carboxylic acids is 1. The quantitative estimate of drug-likeness (QED) is 0.571.